The quantitative estimate of drug-likeness (QED) is 0.0678. The number of pyridine rings is 2. The molecule has 436 valence electrons. The lowest BCUT2D eigenvalue weighted by Gasteiger charge is -2.12. The summed E-state index contributed by atoms with van der Waals surface area (Å²) < 4.78 is 115. The second-order valence-electron chi connectivity index (χ2n) is 19.0. The Labute approximate surface area is 495 Å². The summed E-state index contributed by atoms with van der Waals surface area (Å²) in [5.41, 5.74) is 2.54. The first kappa shape index (κ1) is 60.7. The van der Waals surface area contributed by atoms with Gasteiger partial charge in [-0.05, 0) is 108 Å². The Balaban J connectivity index is 0.000000205. The van der Waals surface area contributed by atoms with Gasteiger partial charge in [-0.25, -0.2) is 55.9 Å². The van der Waals surface area contributed by atoms with Crippen molar-refractivity contribution in [1.82, 2.24) is 29.1 Å². The Kier molecular flexibility index (Phi) is 18.9. The van der Waals surface area contributed by atoms with Crippen LogP contribution in [0.15, 0.2) is 121 Å². The number of halogens is 8. The predicted octanol–water partition coefficient (Wildman–Crippen LogP) is 13.1. The molecule has 0 atom stereocenters. The fraction of sp³-hybridized carbons (Fsp3) is 0.161. The van der Waals surface area contributed by atoms with E-state index in [-0.39, 0.29) is 128 Å². The van der Waals surface area contributed by atoms with Crippen molar-refractivity contribution in [2.24, 2.45) is 0 Å². The predicted molar refractivity (Wildman–Crippen MR) is 303 cm³/mol. The van der Waals surface area contributed by atoms with E-state index in [0.717, 1.165) is 36.4 Å². The van der Waals surface area contributed by atoms with Gasteiger partial charge in [-0.3, -0.25) is 0 Å². The van der Waals surface area contributed by atoms with E-state index in [4.69, 9.17) is 52.7 Å². The minimum atomic E-state index is -1.10. The molecule has 0 unspecified atom stereocenters. The second-order valence-corrected chi connectivity index (χ2v) is 19.9. The van der Waals surface area contributed by atoms with Gasteiger partial charge in [0.05, 0.1) is 81.1 Å². The molecule has 0 saturated heterocycles. The Bertz CT molecular complexity index is 4080. The monoisotopic (exact) mass is 1210 g/mol. The number of carboxylic acids is 2. The normalized spacial score (nSPS) is 11.1. The number of carbonyl (C=O) groups is 2. The molecular formula is C62H44Cl2F6N8O8. The molecule has 0 spiro atoms. The van der Waals surface area contributed by atoms with Crippen molar-refractivity contribution in [2.45, 2.75) is 39.1 Å². The molecule has 0 saturated carbocycles. The SMILES string of the molecule is COCCn1c(Cc2cc(F)c(-c3cc(Cl)cc(OCc4ccc(C#N)cc4F)n3)cc2F)nc2ccc(C(=O)O)cc21.COCCn1c(Cc2cc(F)c(-c3cc(Cl)cc(OCc4ccc(C#N)cc4F)n3)cc2F)nc2ccc(C(=O)O)cc21. The van der Waals surface area contributed by atoms with E-state index < -0.39 is 46.8 Å². The Morgan fingerprint density at radius 1 is 0.500 bits per heavy atom. The summed E-state index contributed by atoms with van der Waals surface area (Å²) in [5.74, 6) is -5.76. The van der Waals surface area contributed by atoms with Gasteiger partial charge in [-0.2, -0.15) is 10.5 Å². The molecular weight excluding hydrogens is 1170 g/mol. The van der Waals surface area contributed by atoms with Crippen LogP contribution in [0.4, 0.5) is 26.3 Å². The van der Waals surface area contributed by atoms with Crippen molar-refractivity contribution in [1.29, 1.82) is 10.5 Å². The largest absolute Gasteiger partial charge is 0.478 e. The summed E-state index contributed by atoms with van der Waals surface area (Å²) in [6.45, 7) is 0.725. The highest BCUT2D eigenvalue weighted by Crippen LogP contribution is 2.33. The molecule has 2 N–H and O–H groups in total. The van der Waals surface area contributed by atoms with Crippen molar-refractivity contribution in [2.75, 3.05) is 27.4 Å². The van der Waals surface area contributed by atoms with Crippen LogP contribution in [0.1, 0.15) is 65.7 Å². The fourth-order valence-electron chi connectivity index (χ4n) is 9.07. The van der Waals surface area contributed by atoms with Crippen LogP contribution in [-0.2, 0) is 48.6 Å². The van der Waals surface area contributed by atoms with Gasteiger partial charge in [0.25, 0.3) is 0 Å². The van der Waals surface area contributed by atoms with Gasteiger partial charge in [-0.15, -0.1) is 0 Å². The lowest BCUT2D eigenvalue weighted by Crippen LogP contribution is -2.10. The number of imidazole rings is 2. The smallest absolute Gasteiger partial charge is 0.335 e. The molecule has 24 heteroatoms. The number of fused-ring (bicyclic) bond motifs is 2. The second kappa shape index (κ2) is 26.8. The molecule has 0 aliphatic heterocycles. The van der Waals surface area contributed by atoms with Crippen LogP contribution in [0.25, 0.3) is 44.6 Å². The van der Waals surface area contributed by atoms with E-state index >= 15 is 17.6 Å². The van der Waals surface area contributed by atoms with E-state index in [1.54, 1.807) is 21.3 Å². The lowest BCUT2D eigenvalue weighted by atomic mass is 10.0. The number of nitrogens with zero attached hydrogens (tertiary/aromatic N) is 8. The average molecular weight is 1210 g/mol. The number of ether oxygens (including phenoxy) is 4. The van der Waals surface area contributed by atoms with Gasteiger partial charge in [0.1, 0.15) is 59.8 Å². The number of aromatic carboxylic acids is 2. The van der Waals surface area contributed by atoms with Gasteiger partial charge < -0.3 is 38.3 Å². The summed E-state index contributed by atoms with van der Waals surface area (Å²) in [6.07, 6.45) is -0.172. The van der Waals surface area contributed by atoms with E-state index in [0.29, 0.717) is 46.8 Å². The molecule has 4 aromatic heterocycles. The number of carboxylic acid groups (broad SMARTS) is 2. The third kappa shape index (κ3) is 14.0. The number of benzene rings is 6. The number of methoxy groups -OCH3 is 2. The van der Waals surface area contributed by atoms with Crippen molar-refractivity contribution in [3.8, 4) is 46.4 Å². The fourth-order valence-corrected chi connectivity index (χ4v) is 9.46. The zero-order valence-corrected chi connectivity index (χ0v) is 46.7. The first-order valence-corrected chi connectivity index (χ1v) is 26.5. The van der Waals surface area contributed by atoms with E-state index in [1.165, 1.54) is 87.0 Å². The van der Waals surface area contributed by atoms with Crippen LogP contribution in [0.3, 0.4) is 0 Å². The molecule has 0 aliphatic carbocycles. The summed E-state index contributed by atoms with van der Waals surface area (Å²) >= 11 is 12.4. The number of nitriles is 2. The Morgan fingerprint density at radius 3 is 1.26 bits per heavy atom. The van der Waals surface area contributed by atoms with Crippen LogP contribution in [0.2, 0.25) is 10.0 Å². The van der Waals surface area contributed by atoms with Crippen molar-refractivity contribution in [3.05, 3.63) is 222 Å². The van der Waals surface area contributed by atoms with Crippen LogP contribution >= 0.6 is 23.2 Å². The molecule has 0 fully saturated rings. The van der Waals surface area contributed by atoms with Crippen molar-refractivity contribution in [3.63, 3.8) is 0 Å². The highest BCUT2D eigenvalue weighted by molar-refractivity contribution is 6.31. The standard InChI is InChI=1S/2C31H22ClF3N4O4/c2*1-42-7-6-39-28-10-18(31(40)41)4-5-26(28)37-29(39)11-20-9-25(35)22(14-24(20)34)27-12-21(32)13-30(38-27)43-16-19-3-2-17(15-36)8-23(19)33/h2*2-5,8-10,12-14H,6-7,11,16H2,1H3,(H,40,41). The summed E-state index contributed by atoms with van der Waals surface area (Å²) in [6, 6.07) is 30.0. The first-order chi connectivity index (χ1) is 41.3. The van der Waals surface area contributed by atoms with Crippen molar-refractivity contribution < 1.29 is 65.1 Å². The summed E-state index contributed by atoms with van der Waals surface area (Å²) in [4.78, 5) is 40.5. The minimum Gasteiger partial charge on any atom is -0.478 e. The topological polar surface area (TPSA) is 221 Å². The average Bonchev–Trinajstić information content (AvgIpc) is 3.20. The molecule has 10 aromatic rings. The first-order valence-electron chi connectivity index (χ1n) is 25.7. The molecule has 0 aliphatic rings. The number of aromatic nitrogens is 6. The third-order valence-electron chi connectivity index (χ3n) is 13.4. The zero-order valence-electron chi connectivity index (χ0n) is 45.1. The number of hydrogen-bond donors (Lipinski definition) is 2. The van der Waals surface area contributed by atoms with Gasteiger partial charge in [0, 0.05) is 84.6 Å². The molecule has 10 rings (SSSR count). The molecule has 16 nitrogen and oxygen atoms in total. The van der Waals surface area contributed by atoms with Crippen LogP contribution < -0.4 is 9.47 Å². The van der Waals surface area contributed by atoms with Gasteiger partial charge >= 0.3 is 11.9 Å². The van der Waals surface area contributed by atoms with Gasteiger partial charge in [-0.1, -0.05) is 35.3 Å². The zero-order chi connectivity index (χ0) is 61.3. The molecule has 86 heavy (non-hydrogen) atoms. The molecule has 4 heterocycles. The highest BCUT2D eigenvalue weighted by atomic mass is 35.5. The number of hydrogen-bond acceptors (Lipinski definition) is 12. The molecule has 6 aromatic carbocycles. The van der Waals surface area contributed by atoms with E-state index in [9.17, 15) is 28.6 Å². The minimum absolute atomic E-state index is 0.000663. The molecule has 0 amide bonds. The Hall–Kier alpha value is -9.84. The summed E-state index contributed by atoms with van der Waals surface area (Å²) in [7, 11) is 3.03. The van der Waals surface area contributed by atoms with Crippen molar-refractivity contribution >= 4 is 57.2 Å². The van der Waals surface area contributed by atoms with E-state index in [1.807, 2.05) is 12.1 Å². The maximum Gasteiger partial charge on any atom is 0.335 e. The van der Waals surface area contributed by atoms with Crippen LogP contribution in [0, 0.1) is 57.6 Å². The van der Waals surface area contributed by atoms with E-state index in [2.05, 4.69) is 19.9 Å². The van der Waals surface area contributed by atoms with Gasteiger partial charge in [0.15, 0.2) is 0 Å². The molecule has 0 bridgehead atoms. The highest BCUT2D eigenvalue weighted by Gasteiger charge is 2.22. The number of rotatable bonds is 20. The Morgan fingerprint density at radius 2 is 0.895 bits per heavy atom. The lowest BCUT2D eigenvalue weighted by molar-refractivity contribution is 0.0686. The summed E-state index contributed by atoms with van der Waals surface area (Å²) in [5, 5.41) is 36.9. The molecule has 0 radical (unpaired) electrons. The van der Waals surface area contributed by atoms with Crippen LogP contribution in [0.5, 0.6) is 11.8 Å². The maximum absolute atomic E-state index is 15.4. The van der Waals surface area contributed by atoms with Gasteiger partial charge in [0.2, 0.25) is 11.8 Å². The third-order valence-corrected chi connectivity index (χ3v) is 13.8. The van der Waals surface area contributed by atoms with Crippen LogP contribution in [-0.4, -0.2) is 78.7 Å². The maximum atomic E-state index is 15.4.